The van der Waals surface area contributed by atoms with Crippen molar-refractivity contribution in [2.24, 2.45) is 0 Å². The van der Waals surface area contributed by atoms with Gasteiger partial charge in [0.05, 0.1) is 21.7 Å². The van der Waals surface area contributed by atoms with E-state index in [1.165, 1.54) is 0 Å². The Morgan fingerprint density at radius 3 is 2.80 bits per heavy atom. The van der Waals surface area contributed by atoms with Crippen LogP contribution >= 0.6 is 27.3 Å². The number of aryl methyl sites for hydroxylation is 1. The zero-order valence-electron chi connectivity index (χ0n) is 10.6. The number of hydrogen-bond donors (Lipinski definition) is 1. The Bertz CT molecular complexity index is 826. The van der Waals surface area contributed by atoms with Crippen molar-refractivity contribution in [1.29, 1.82) is 0 Å². The van der Waals surface area contributed by atoms with Crippen LogP contribution in [0, 0.1) is 6.92 Å². The number of fused-ring (bicyclic) bond motifs is 1. The van der Waals surface area contributed by atoms with Crippen molar-refractivity contribution in [2.75, 3.05) is 0 Å². The molecule has 0 saturated carbocycles. The number of carbonyl (C=O) groups is 1. The Kier molecular flexibility index (Phi) is 3.31. The van der Waals surface area contributed by atoms with E-state index in [4.69, 9.17) is 0 Å². The van der Waals surface area contributed by atoms with Gasteiger partial charge in [0, 0.05) is 9.86 Å². The monoisotopic (exact) mass is 347 g/mol. The lowest BCUT2D eigenvalue weighted by molar-refractivity contribution is 0.0699. The number of halogens is 1. The van der Waals surface area contributed by atoms with Gasteiger partial charge in [0.25, 0.3) is 0 Å². The molecule has 2 heterocycles. The number of carboxylic acid groups (broad SMARTS) is 1. The van der Waals surface area contributed by atoms with E-state index >= 15 is 0 Å². The summed E-state index contributed by atoms with van der Waals surface area (Å²) in [5, 5.41) is 12.1. The average Bonchev–Trinajstić information content (AvgIpc) is 2.84. The normalized spacial score (nSPS) is 10.9. The molecule has 0 spiro atoms. The molecule has 3 rings (SSSR count). The number of carboxylic acids is 1. The van der Waals surface area contributed by atoms with Crippen molar-refractivity contribution in [1.82, 2.24) is 4.98 Å². The quantitative estimate of drug-likeness (QED) is 0.728. The number of rotatable bonds is 2. The lowest BCUT2D eigenvalue weighted by atomic mass is 10.1. The van der Waals surface area contributed by atoms with E-state index in [9.17, 15) is 9.90 Å². The summed E-state index contributed by atoms with van der Waals surface area (Å²) in [6.07, 6.45) is 0. The van der Waals surface area contributed by atoms with Crippen LogP contribution in [0.15, 0.2) is 40.2 Å². The Morgan fingerprint density at radius 2 is 2.15 bits per heavy atom. The minimum absolute atomic E-state index is 0.277. The lowest BCUT2D eigenvalue weighted by Crippen LogP contribution is -2.00. The number of aromatic carboxylic acids is 1. The molecule has 0 aliphatic rings. The van der Waals surface area contributed by atoms with E-state index < -0.39 is 5.97 Å². The highest BCUT2D eigenvalue weighted by molar-refractivity contribution is 9.10. The fourth-order valence-corrected chi connectivity index (χ4v) is 3.48. The smallest absolute Gasteiger partial charge is 0.336 e. The second kappa shape index (κ2) is 5.00. The fourth-order valence-electron chi connectivity index (χ4n) is 2.14. The summed E-state index contributed by atoms with van der Waals surface area (Å²) < 4.78 is 0.800. The van der Waals surface area contributed by atoms with Crippen LogP contribution in [0.2, 0.25) is 0 Å². The van der Waals surface area contributed by atoms with Gasteiger partial charge < -0.3 is 5.11 Å². The number of pyridine rings is 1. The standard InChI is InChI=1S/C15H10BrNO2S/c1-8-5-6-20-14(8)12-7-10(15(18)19)9-3-2-4-11(16)13(9)17-12/h2-7H,1H3,(H,18,19). The van der Waals surface area contributed by atoms with Gasteiger partial charge in [-0.05, 0) is 52.0 Å². The molecule has 0 radical (unpaired) electrons. The van der Waals surface area contributed by atoms with E-state index in [2.05, 4.69) is 20.9 Å². The number of nitrogens with zero attached hydrogens (tertiary/aromatic N) is 1. The maximum Gasteiger partial charge on any atom is 0.336 e. The van der Waals surface area contributed by atoms with Crippen LogP contribution in [0.3, 0.4) is 0 Å². The first-order chi connectivity index (χ1) is 9.58. The Balaban J connectivity index is 2.39. The molecule has 0 bridgehead atoms. The number of benzene rings is 1. The molecule has 1 aromatic carbocycles. The van der Waals surface area contributed by atoms with Crippen molar-refractivity contribution in [3.05, 3.63) is 51.3 Å². The summed E-state index contributed by atoms with van der Waals surface area (Å²) in [5.41, 5.74) is 2.76. The van der Waals surface area contributed by atoms with Gasteiger partial charge in [-0.25, -0.2) is 9.78 Å². The maximum atomic E-state index is 11.5. The third-order valence-corrected chi connectivity index (χ3v) is 4.79. The summed E-state index contributed by atoms with van der Waals surface area (Å²) in [4.78, 5) is 17.1. The molecule has 5 heteroatoms. The molecule has 1 N–H and O–H groups in total. The molecule has 2 aromatic heterocycles. The van der Waals surface area contributed by atoms with Gasteiger partial charge >= 0.3 is 5.97 Å². The van der Waals surface area contributed by atoms with Crippen LogP contribution in [-0.2, 0) is 0 Å². The molecule has 0 atom stereocenters. The largest absolute Gasteiger partial charge is 0.478 e. The van der Waals surface area contributed by atoms with E-state index in [1.54, 1.807) is 23.5 Å². The molecule has 0 aliphatic carbocycles. The van der Waals surface area contributed by atoms with Crippen LogP contribution in [0.5, 0.6) is 0 Å². The van der Waals surface area contributed by atoms with Crippen molar-refractivity contribution in [3.8, 4) is 10.6 Å². The zero-order chi connectivity index (χ0) is 14.3. The first-order valence-electron chi connectivity index (χ1n) is 5.95. The Hall–Kier alpha value is -1.72. The first-order valence-corrected chi connectivity index (χ1v) is 7.62. The average molecular weight is 348 g/mol. The zero-order valence-corrected chi connectivity index (χ0v) is 13.0. The molecule has 20 heavy (non-hydrogen) atoms. The summed E-state index contributed by atoms with van der Waals surface area (Å²) in [6.45, 7) is 2.00. The van der Waals surface area contributed by atoms with Crippen LogP contribution in [-0.4, -0.2) is 16.1 Å². The molecule has 3 aromatic rings. The molecular weight excluding hydrogens is 338 g/mol. The van der Waals surface area contributed by atoms with Gasteiger partial charge in [-0.15, -0.1) is 11.3 Å². The van der Waals surface area contributed by atoms with Gasteiger partial charge in [-0.1, -0.05) is 12.1 Å². The van der Waals surface area contributed by atoms with Crippen LogP contribution in [0.25, 0.3) is 21.5 Å². The van der Waals surface area contributed by atoms with Gasteiger partial charge in [0.2, 0.25) is 0 Å². The van der Waals surface area contributed by atoms with Crippen LogP contribution < -0.4 is 0 Å². The predicted octanol–water partition coefficient (Wildman–Crippen LogP) is 4.73. The number of para-hydroxylation sites is 1. The molecule has 100 valence electrons. The highest BCUT2D eigenvalue weighted by atomic mass is 79.9. The number of thiophene rings is 1. The molecular formula is C15H10BrNO2S. The lowest BCUT2D eigenvalue weighted by Gasteiger charge is -2.07. The van der Waals surface area contributed by atoms with E-state index in [1.807, 2.05) is 30.5 Å². The third kappa shape index (κ3) is 2.13. The Morgan fingerprint density at radius 1 is 1.35 bits per heavy atom. The van der Waals surface area contributed by atoms with Gasteiger partial charge in [0.15, 0.2) is 0 Å². The minimum atomic E-state index is -0.939. The Labute approximate surface area is 128 Å². The van der Waals surface area contributed by atoms with Crippen molar-refractivity contribution in [2.45, 2.75) is 6.92 Å². The molecule has 0 aliphatic heterocycles. The first kappa shape index (κ1) is 13.3. The summed E-state index contributed by atoms with van der Waals surface area (Å²) >= 11 is 5.01. The van der Waals surface area contributed by atoms with Crippen molar-refractivity contribution in [3.63, 3.8) is 0 Å². The van der Waals surface area contributed by atoms with Crippen LogP contribution in [0.1, 0.15) is 15.9 Å². The van der Waals surface area contributed by atoms with Gasteiger partial charge in [0.1, 0.15) is 0 Å². The van der Waals surface area contributed by atoms with E-state index in [0.717, 1.165) is 14.9 Å². The second-order valence-electron chi connectivity index (χ2n) is 4.43. The molecule has 3 nitrogen and oxygen atoms in total. The third-order valence-electron chi connectivity index (χ3n) is 3.12. The highest BCUT2D eigenvalue weighted by Crippen LogP contribution is 2.33. The SMILES string of the molecule is Cc1ccsc1-c1cc(C(=O)O)c2cccc(Br)c2n1. The van der Waals surface area contributed by atoms with Crippen molar-refractivity contribution >= 4 is 44.1 Å². The highest BCUT2D eigenvalue weighted by Gasteiger charge is 2.15. The topological polar surface area (TPSA) is 50.2 Å². The van der Waals surface area contributed by atoms with Gasteiger partial charge in [-0.2, -0.15) is 0 Å². The summed E-state index contributed by atoms with van der Waals surface area (Å²) in [5.74, 6) is -0.939. The van der Waals surface area contributed by atoms with E-state index in [0.29, 0.717) is 16.6 Å². The maximum absolute atomic E-state index is 11.5. The van der Waals surface area contributed by atoms with Crippen LogP contribution in [0.4, 0.5) is 0 Å². The number of hydrogen-bond acceptors (Lipinski definition) is 3. The van der Waals surface area contributed by atoms with Crippen molar-refractivity contribution < 1.29 is 9.90 Å². The predicted molar refractivity (Wildman–Crippen MR) is 84.5 cm³/mol. The second-order valence-corrected chi connectivity index (χ2v) is 6.20. The number of aromatic nitrogens is 1. The summed E-state index contributed by atoms with van der Waals surface area (Å²) in [6, 6.07) is 9.12. The fraction of sp³-hybridized carbons (Fsp3) is 0.0667. The van der Waals surface area contributed by atoms with Gasteiger partial charge in [-0.3, -0.25) is 0 Å². The summed E-state index contributed by atoms with van der Waals surface area (Å²) in [7, 11) is 0. The molecule has 0 saturated heterocycles. The molecule has 0 fully saturated rings. The molecule has 0 unspecified atom stereocenters. The minimum Gasteiger partial charge on any atom is -0.478 e. The molecule has 0 amide bonds. The van der Waals surface area contributed by atoms with E-state index in [-0.39, 0.29) is 5.56 Å².